The number of aromatic nitrogens is 3. The van der Waals surface area contributed by atoms with E-state index < -0.39 is 6.04 Å². The molecule has 0 spiro atoms. The minimum Gasteiger partial charge on any atom is -0.497 e. The van der Waals surface area contributed by atoms with E-state index in [0.29, 0.717) is 23.9 Å². The summed E-state index contributed by atoms with van der Waals surface area (Å²) < 4.78 is 12.7. The van der Waals surface area contributed by atoms with Crippen LogP contribution >= 0.6 is 0 Å². The summed E-state index contributed by atoms with van der Waals surface area (Å²) in [7, 11) is 3.23. The molecule has 3 aromatic rings. The number of nitrogens with one attached hydrogen (secondary N) is 1. The van der Waals surface area contributed by atoms with Gasteiger partial charge in [0, 0.05) is 29.3 Å². The van der Waals surface area contributed by atoms with Crippen LogP contribution in [0.4, 0.5) is 5.95 Å². The SMILES string of the molecule is COc1ccc([C@@H]2C3=C(C[C@@H](c4ccccc4)CC3=O)Nc3ncnn32)c(OC)c1. The van der Waals surface area contributed by atoms with Crippen molar-refractivity contribution >= 4 is 11.7 Å². The van der Waals surface area contributed by atoms with E-state index >= 15 is 0 Å². The van der Waals surface area contributed by atoms with E-state index in [1.165, 1.54) is 11.9 Å². The van der Waals surface area contributed by atoms with Crippen molar-refractivity contribution in [2.45, 2.75) is 24.8 Å². The second-order valence-electron chi connectivity index (χ2n) is 7.49. The van der Waals surface area contributed by atoms with Crippen molar-refractivity contribution in [3.05, 3.63) is 77.3 Å². The molecule has 1 aliphatic heterocycles. The minimum absolute atomic E-state index is 0.113. The number of hydrogen-bond acceptors (Lipinski definition) is 6. The zero-order valence-electron chi connectivity index (χ0n) is 16.8. The summed E-state index contributed by atoms with van der Waals surface area (Å²) >= 11 is 0. The van der Waals surface area contributed by atoms with E-state index in [-0.39, 0.29) is 11.7 Å². The van der Waals surface area contributed by atoms with Gasteiger partial charge in [-0.25, -0.2) is 4.68 Å². The number of ether oxygens (including phenoxy) is 2. The lowest BCUT2D eigenvalue weighted by Gasteiger charge is -2.35. The Morgan fingerprint density at radius 1 is 1.07 bits per heavy atom. The molecule has 0 amide bonds. The maximum atomic E-state index is 13.4. The number of carbonyl (C=O) groups is 1. The lowest BCUT2D eigenvalue weighted by atomic mass is 9.78. The summed E-state index contributed by atoms with van der Waals surface area (Å²) in [6.07, 6.45) is 2.71. The molecule has 0 radical (unpaired) electrons. The number of carbonyl (C=O) groups excluding carboxylic acids is 1. The van der Waals surface area contributed by atoms with Gasteiger partial charge in [0.2, 0.25) is 5.95 Å². The standard InChI is InChI=1S/C23H22N4O3/c1-29-16-8-9-17(20(12-16)30-2)22-21-18(26-23-24-13-25-27(22)23)10-15(11-19(21)28)14-6-4-3-5-7-14/h3-9,12-13,15,22H,10-11H2,1-2H3,(H,24,25,26)/t15-,22-/m1/s1. The second kappa shape index (κ2) is 7.33. The molecule has 5 rings (SSSR count). The van der Waals surface area contributed by atoms with Crippen LogP contribution in [0.1, 0.15) is 35.9 Å². The summed E-state index contributed by atoms with van der Waals surface area (Å²) in [6, 6.07) is 15.4. The number of hydrogen-bond donors (Lipinski definition) is 1. The lowest BCUT2D eigenvalue weighted by Crippen LogP contribution is -2.33. The molecule has 2 heterocycles. The number of methoxy groups -OCH3 is 2. The average molecular weight is 402 g/mol. The highest BCUT2D eigenvalue weighted by Gasteiger charge is 2.40. The molecular weight excluding hydrogens is 380 g/mol. The quantitative estimate of drug-likeness (QED) is 0.717. The van der Waals surface area contributed by atoms with E-state index in [9.17, 15) is 4.79 Å². The van der Waals surface area contributed by atoms with Gasteiger partial charge < -0.3 is 14.8 Å². The van der Waals surface area contributed by atoms with Gasteiger partial charge in [-0.2, -0.15) is 10.1 Å². The fourth-order valence-corrected chi connectivity index (χ4v) is 4.44. The number of nitrogens with zero attached hydrogens (tertiary/aromatic N) is 3. The van der Waals surface area contributed by atoms with Crippen LogP contribution in [0.25, 0.3) is 0 Å². The smallest absolute Gasteiger partial charge is 0.226 e. The predicted octanol–water partition coefficient (Wildman–Crippen LogP) is 3.71. The van der Waals surface area contributed by atoms with E-state index in [2.05, 4.69) is 27.5 Å². The Kier molecular flexibility index (Phi) is 4.50. The number of allylic oxidation sites excluding steroid dienone is 2. The van der Waals surface area contributed by atoms with Crippen molar-refractivity contribution in [1.82, 2.24) is 14.8 Å². The van der Waals surface area contributed by atoms with Gasteiger partial charge >= 0.3 is 0 Å². The third-order valence-corrected chi connectivity index (χ3v) is 5.87. The summed E-state index contributed by atoms with van der Waals surface area (Å²) in [5, 5.41) is 7.76. The van der Waals surface area contributed by atoms with Gasteiger partial charge in [0.05, 0.1) is 14.2 Å². The molecule has 0 saturated carbocycles. The van der Waals surface area contributed by atoms with Crippen LogP contribution in [-0.2, 0) is 4.79 Å². The van der Waals surface area contributed by atoms with Crippen LogP contribution in [0.3, 0.4) is 0 Å². The van der Waals surface area contributed by atoms with Crippen LogP contribution < -0.4 is 14.8 Å². The molecule has 1 N–H and O–H groups in total. The molecule has 30 heavy (non-hydrogen) atoms. The third kappa shape index (κ3) is 2.94. The molecule has 2 atom stereocenters. The molecule has 0 saturated heterocycles. The van der Waals surface area contributed by atoms with Gasteiger partial charge in [-0.1, -0.05) is 30.3 Å². The number of rotatable bonds is 4. The van der Waals surface area contributed by atoms with E-state index in [1.807, 2.05) is 36.4 Å². The van der Waals surface area contributed by atoms with Crippen LogP contribution in [-0.4, -0.2) is 34.8 Å². The van der Waals surface area contributed by atoms with Crippen molar-refractivity contribution in [3.8, 4) is 11.5 Å². The molecule has 1 aliphatic carbocycles. The van der Waals surface area contributed by atoms with Crippen LogP contribution in [0.15, 0.2) is 66.1 Å². The van der Waals surface area contributed by atoms with Crippen LogP contribution in [0.2, 0.25) is 0 Å². The summed E-state index contributed by atoms with van der Waals surface area (Å²) in [5.74, 6) is 2.21. The number of anilines is 1. The zero-order chi connectivity index (χ0) is 20.7. The van der Waals surface area contributed by atoms with Crippen molar-refractivity contribution in [2.75, 3.05) is 19.5 Å². The van der Waals surface area contributed by atoms with Crippen molar-refractivity contribution in [2.24, 2.45) is 0 Å². The van der Waals surface area contributed by atoms with Crippen LogP contribution in [0.5, 0.6) is 11.5 Å². The van der Waals surface area contributed by atoms with Crippen molar-refractivity contribution in [3.63, 3.8) is 0 Å². The topological polar surface area (TPSA) is 78.3 Å². The molecule has 7 heteroatoms. The van der Waals surface area contributed by atoms with Gasteiger partial charge in [0.1, 0.15) is 23.9 Å². The number of ketones is 1. The Morgan fingerprint density at radius 3 is 2.67 bits per heavy atom. The van der Waals surface area contributed by atoms with Crippen LogP contribution in [0, 0.1) is 0 Å². The van der Waals surface area contributed by atoms with Gasteiger partial charge in [0.15, 0.2) is 5.78 Å². The van der Waals surface area contributed by atoms with Gasteiger partial charge in [-0.05, 0) is 30.0 Å². The van der Waals surface area contributed by atoms with E-state index in [0.717, 1.165) is 23.3 Å². The first-order valence-corrected chi connectivity index (χ1v) is 9.89. The Labute approximate surface area is 174 Å². The summed E-state index contributed by atoms with van der Waals surface area (Å²) in [6.45, 7) is 0. The van der Waals surface area contributed by atoms with E-state index in [1.54, 1.807) is 18.9 Å². The Balaban J connectivity index is 1.63. The van der Waals surface area contributed by atoms with Gasteiger partial charge in [0.25, 0.3) is 0 Å². The fourth-order valence-electron chi connectivity index (χ4n) is 4.44. The monoisotopic (exact) mass is 402 g/mol. The first-order chi connectivity index (χ1) is 14.7. The normalized spacial score (nSPS) is 20.3. The summed E-state index contributed by atoms with van der Waals surface area (Å²) in [4.78, 5) is 17.8. The number of Topliss-reactive ketones (excluding diaryl/α,β-unsaturated/α-hetero) is 1. The Hall–Kier alpha value is -3.61. The minimum atomic E-state index is -0.399. The van der Waals surface area contributed by atoms with Gasteiger partial charge in [-0.15, -0.1) is 0 Å². The maximum absolute atomic E-state index is 13.4. The largest absolute Gasteiger partial charge is 0.497 e. The highest BCUT2D eigenvalue weighted by atomic mass is 16.5. The predicted molar refractivity (Wildman–Crippen MR) is 112 cm³/mol. The first-order valence-electron chi connectivity index (χ1n) is 9.89. The molecule has 0 bridgehead atoms. The fraction of sp³-hybridized carbons (Fsp3) is 0.261. The van der Waals surface area contributed by atoms with Crippen molar-refractivity contribution in [1.29, 1.82) is 0 Å². The number of fused-ring (bicyclic) bond motifs is 1. The molecule has 152 valence electrons. The lowest BCUT2D eigenvalue weighted by molar-refractivity contribution is -0.116. The molecule has 0 unspecified atom stereocenters. The molecule has 2 aliphatic rings. The highest BCUT2D eigenvalue weighted by Crippen LogP contribution is 2.46. The molecule has 2 aromatic carbocycles. The zero-order valence-corrected chi connectivity index (χ0v) is 16.8. The van der Waals surface area contributed by atoms with Gasteiger partial charge in [-0.3, -0.25) is 4.79 Å². The molecule has 1 aromatic heterocycles. The summed E-state index contributed by atoms with van der Waals surface area (Å²) in [5.41, 5.74) is 3.66. The maximum Gasteiger partial charge on any atom is 0.226 e. The van der Waals surface area contributed by atoms with E-state index in [4.69, 9.17) is 9.47 Å². The molecule has 7 nitrogen and oxygen atoms in total. The average Bonchev–Trinajstić information content (AvgIpc) is 3.26. The van der Waals surface area contributed by atoms with Crippen molar-refractivity contribution < 1.29 is 14.3 Å². The molecular formula is C23H22N4O3. The Morgan fingerprint density at radius 2 is 1.90 bits per heavy atom. The number of benzene rings is 2. The second-order valence-corrected chi connectivity index (χ2v) is 7.49. The molecule has 0 fully saturated rings. The Bertz CT molecular complexity index is 1140. The third-order valence-electron chi connectivity index (χ3n) is 5.87. The first kappa shape index (κ1) is 18.4. The highest BCUT2D eigenvalue weighted by molar-refractivity contribution is 6.00.